The summed E-state index contributed by atoms with van der Waals surface area (Å²) in [6.07, 6.45) is 1.74. The zero-order valence-electron chi connectivity index (χ0n) is 10.5. The van der Waals surface area contributed by atoms with Crippen LogP contribution in [0, 0.1) is 6.92 Å². The molecule has 0 amide bonds. The van der Waals surface area contributed by atoms with Crippen LogP contribution in [0.3, 0.4) is 0 Å². The average molecular weight is 248 g/mol. The van der Waals surface area contributed by atoms with Gasteiger partial charge in [0, 0.05) is 17.0 Å². The topological polar surface area (TPSA) is 64.7 Å². The molecule has 17 heavy (non-hydrogen) atoms. The highest BCUT2D eigenvalue weighted by Gasteiger charge is 2.19. The van der Waals surface area contributed by atoms with Gasteiger partial charge in [-0.3, -0.25) is 0 Å². The number of hydrogen-bond donors (Lipinski definition) is 1. The van der Waals surface area contributed by atoms with E-state index < -0.39 is 0 Å². The van der Waals surface area contributed by atoms with Crippen molar-refractivity contribution in [2.75, 3.05) is 5.73 Å². The van der Waals surface area contributed by atoms with E-state index in [9.17, 15) is 0 Å². The molecular weight excluding hydrogens is 232 g/mol. The van der Waals surface area contributed by atoms with Crippen molar-refractivity contribution in [2.45, 2.75) is 33.1 Å². The average Bonchev–Trinajstić information content (AvgIpc) is 2.65. The number of thiazole rings is 1. The third-order valence-electron chi connectivity index (χ3n) is 2.44. The van der Waals surface area contributed by atoms with Gasteiger partial charge in [-0.1, -0.05) is 20.8 Å². The van der Waals surface area contributed by atoms with E-state index in [1.807, 2.05) is 6.92 Å². The SMILES string of the molecule is Cc1ncc(-c2nc(C(C)(C)C)cs2)c(N)n1. The molecule has 2 heterocycles. The Morgan fingerprint density at radius 2 is 1.94 bits per heavy atom. The van der Waals surface area contributed by atoms with Crippen LogP contribution in [0.1, 0.15) is 32.3 Å². The Morgan fingerprint density at radius 1 is 1.24 bits per heavy atom. The first kappa shape index (κ1) is 12.0. The van der Waals surface area contributed by atoms with Crippen LogP contribution in [-0.4, -0.2) is 15.0 Å². The Morgan fingerprint density at radius 3 is 2.47 bits per heavy atom. The monoisotopic (exact) mass is 248 g/mol. The molecule has 0 aliphatic heterocycles. The van der Waals surface area contributed by atoms with Gasteiger partial charge >= 0.3 is 0 Å². The van der Waals surface area contributed by atoms with Crippen molar-refractivity contribution in [3.05, 3.63) is 23.1 Å². The Labute approximate surface area is 105 Å². The third kappa shape index (κ3) is 2.44. The number of rotatable bonds is 1. The lowest BCUT2D eigenvalue weighted by molar-refractivity contribution is 0.573. The van der Waals surface area contributed by atoms with E-state index in [4.69, 9.17) is 5.73 Å². The van der Waals surface area contributed by atoms with Gasteiger partial charge in [0.2, 0.25) is 0 Å². The lowest BCUT2D eigenvalue weighted by Crippen LogP contribution is -2.11. The summed E-state index contributed by atoms with van der Waals surface area (Å²) >= 11 is 1.58. The highest BCUT2D eigenvalue weighted by atomic mass is 32.1. The van der Waals surface area contributed by atoms with E-state index in [0.29, 0.717) is 11.6 Å². The number of nitrogens with zero attached hydrogens (tertiary/aromatic N) is 3. The van der Waals surface area contributed by atoms with E-state index in [2.05, 4.69) is 41.1 Å². The fraction of sp³-hybridized carbons (Fsp3) is 0.417. The summed E-state index contributed by atoms with van der Waals surface area (Å²) in [6, 6.07) is 0. The minimum atomic E-state index is 0.0507. The lowest BCUT2D eigenvalue weighted by atomic mass is 9.93. The molecule has 2 rings (SSSR count). The summed E-state index contributed by atoms with van der Waals surface area (Å²) in [7, 11) is 0. The normalized spacial score (nSPS) is 11.8. The maximum Gasteiger partial charge on any atom is 0.137 e. The van der Waals surface area contributed by atoms with Gasteiger partial charge in [0.25, 0.3) is 0 Å². The molecule has 5 heteroatoms. The molecule has 0 aliphatic rings. The van der Waals surface area contributed by atoms with Crippen LogP contribution in [-0.2, 0) is 5.41 Å². The zero-order valence-corrected chi connectivity index (χ0v) is 11.3. The van der Waals surface area contributed by atoms with E-state index in [1.165, 1.54) is 0 Å². The minimum Gasteiger partial charge on any atom is -0.383 e. The Bertz CT molecular complexity index is 540. The van der Waals surface area contributed by atoms with Crippen LogP contribution in [0.5, 0.6) is 0 Å². The van der Waals surface area contributed by atoms with Crippen molar-refractivity contribution < 1.29 is 0 Å². The van der Waals surface area contributed by atoms with Crippen LogP contribution < -0.4 is 5.73 Å². The maximum atomic E-state index is 5.89. The van der Waals surface area contributed by atoms with E-state index in [0.717, 1.165) is 16.3 Å². The molecule has 0 atom stereocenters. The van der Waals surface area contributed by atoms with Gasteiger partial charge in [-0.05, 0) is 6.92 Å². The molecule has 0 bridgehead atoms. The second-order valence-corrected chi connectivity index (χ2v) is 5.86. The summed E-state index contributed by atoms with van der Waals surface area (Å²) in [4.78, 5) is 12.9. The second-order valence-electron chi connectivity index (χ2n) is 5.00. The van der Waals surface area contributed by atoms with Gasteiger partial charge in [-0.2, -0.15) is 0 Å². The molecule has 0 spiro atoms. The fourth-order valence-corrected chi connectivity index (χ4v) is 2.46. The number of aryl methyl sites for hydroxylation is 1. The second kappa shape index (κ2) is 4.07. The molecule has 0 saturated carbocycles. The van der Waals surface area contributed by atoms with Crippen molar-refractivity contribution in [2.24, 2.45) is 0 Å². The van der Waals surface area contributed by atoms with Gasteiger partial charge in [0.15, 0.2) is 0 Å². The molecule has 0 aliphatic carbocycles. The maximum absolute atomic E-state index is 5.89. The highest BCUT2D eigenvalue weighted by Crippen LogP contribution is 2.31. The van der Waals surface area contributed by atoms with Crippen LogP contribution in [0.15, 0.2) is 11.6 Å². The van der Waals surface area contributed by atoms with E-state index in [-0.39, 0.29) is 5.41 Å². The van der Waals surface area contributed by atoms with Gasteiger partial charge in [0.05, 0.1) is 11.3 Å². The number of aromatic nitrogens is 3. The van der Waals surface area contributed by atoms with Crippen molar-refractivity contribution in [3.8, 4) is 10.6 Å². The first-order valence-corrected chi connectivity index (χ1v) is 6.31. The van der Waals surface area contributed by atoms with E-state index in [1.54, 1.807) is 17.5 Å². The summed E-state index contributed by atoms with van der Waals surface area (Å²) < 4.78 is 0. The predicted molar refractivity (Wildman–Crippen MR) is 71.0 cm³/mol. The quantitative estimate of drug-likeness (QED) is 0.842. The molecule has 0 radical (unpaired) electrons. The fourth-order valence-electron chi connectivity index (χ4n) is 1.39. The van der Waals surface area contributed by atoms with Gasteiger partial charge in [-0.25, -0.2) is 15.0 Å². The Kier molecular flexibility index (Phi) is 2.87. The molecule has 2 aromatic rings. The number of hydrogen-bond acceptors (Lipinski definition) is 5. The third-order valence-corrected chi connectivity index (χ3v) is 3.32. The first-order chi connectivity index (χ1) is 7.88. The smallest absolute Gasteiger partial charge is 0.137 e. The van der Waals surface area contributed by atoms with E-state index >= 15 is 0 Å². The van der Waals surface area contributed by atoms with Crippen LogP contribution >= 0.6 is 11.3 Å². The molecule has 4 nitrogen and oxygen atoms in total. The predicted octanol–water partition coefficient (Wildman–Crippen LogP) is 2.79. The Balaban J connectivity index is 2.44. The Hall–Kier alpha value is -1.49. The number of anilines is 1. The molecule has 0 saturated heterocycles. The molecule has 90 valence electrons. The standard InChI is InChI=1S/C12H16N4S/c1-7-14-5-8(10(13)15-7)11-16-9(6-17-11)12(2,3)4/h5-6H,1-4H3,(H2,13,14,15). The summed E-state index contributed by atoms with van der Waals surface area (Å²) in [6.45, 7) is 8.24. The van der Waals surface area contributed by atoms with Crippen molar-refractivity contribution >= 4 is 17.2 Å². The van der Waals surface area contributed by atoms with Crippen LogP contribution in [0.4, 0.5) is 5.82 Å². The first-order valence-electron chi connectivity index (χ1n) is 5.43. The molecule has 2 aromatic heterocycles. The number of nitrogens with two attached hydrogens (primary N) is 1. The van der Waals surface area contributed by atoms with Gasteiger partial charge in [0.1, 0.15) is 16.6 Å². The molecule has 0 aromatic carbocycles. The molecule has 2 N–H and O–H groups in total. The van der Waals surface area contributed by atoms with Crippen molar-refractivity contribution in [1.82, 2.24) is 15.0 Å². The summed E-state index contributed by atoms with van der Waals surface area (Å²) in [5, 5.41) is 2.95. The minimum absolute atomic E-state index is 0.0507. The van der Waals surface area contributed by atoms with Crippen molar-refractivity contribution in [3.63, 3.8) is 0 Å². The molecule has 0 fully saturated rings. The largest absolute Gasteiger partial charge is 0.383 e. The van der Waals surface area contributed by atoms with Crippen LogP contribution in [0.2, 0.25) is 0 Å². The lowest BCUT2D eigenvalue weighted by Gasteiger charge is -2.14. The zero-order chi connectivity index (χ0) is 12.6. The summed E-state index contributed by atoms with van der Waals surface area (Å²) in [5.41, 5.74) is 7.82. The molecule has 0 unspecified atom stereocenters. The molecular formula is C12H16N4S. The van der Waals surface area contributed by atoms with Gasteiger partial charge in [-0.15, -0.1) is 11.3 Å². The highest BCUT2D eigenvalue weighted by molar-refractivity contribution is 7.13. The van der Waals surface area contributed by atoms with Gasteiger partial charge < -0.3 is 5.73 Å². The van der Waals surface area contributed by atoms with Crippen LogP contribution in [0.25, 0.3) is 10.6 Å². The number of nitrogen functional groups attached to an aromatic ring is 1. The summed E-state index contributed by atoms with van der Waals surface area (Å²) in [5.74, 6) is 1.17. The van der Waals surface area contributed by atoms with Crippen molar-refractivity contribution in [1.29, 1.82) is 0 Å².